The second-order valence-electron chi connectivity index (χ2n) is 7.76. The van der Waals surface area contributed by atoms with E-state index in [2.05, 4.69) is 36.1 Å². The number of aryl methyl sites for hydroxylation is 1. The number of nitrogens with one attached hydrogen (secondary N) is 3. The molecule has 34 heavy (non-hydrogen) atoms. The fourth-order valence-corrected chi connectivity index (χ4v) is 3.78. The Labute approximate surface area is 193 Å². The number of nitrogens with zero attached hydrogens (tertiary/aromatic N) is 5. The second kappa shape index (κ2) is 8.87. The third kappa shape index (κ3) is 4.16. The maximum Gasteiger partial charge on any atom is 0.320 e. The van der Waals surface area contributed by atoms with E-state index in [1.54, 1.807) is 29.1 Å². The van der Waals surface area contributed by atoms with Crippen LogP contribution in [0.15, 0.2) is 54.7 Å². The first-order valence-electron chi connectivity index (χ1n) is 10.5. The van der Waals surface area contributed by atoms with Crippen molar-refractivity contribution in [2.45, 2.75) is 6.04 Å². The number of carbonyl (C=O) groups excluding carboxylic acids is 1. The van der Waals surface area contributed by atoms with Gasteiger partial charge < -0.3 is 10.1 Å². The Kier molecular flexibility index (Phi) is 5.60. The van der Waals surface area contributed by atoms with Crippen LogP contribution in [0.2, 0.25) is 0 Å². The standard InChI is InChI=1S/C23H21FN8O2/c1-32-20-8-5-14(9-18(20)29-31-32)22-16-11-25-21(10-17(16)28-30-22)27-23(33)26-19(12-34-2)13-3-6-15(24)7-4-13/h3-11,19H,12H2,1-2H3,(H,28,30)(H2,25,26,27,33)/t19-/m1/s1. The van der Waals surface area contributed by atoms with Crippen molar-refractivity contribution in [1.29, 1.82) is 0 Å². The van der Waals surface area contributed by atoms with Crippen molar-refractivity contribution in [3.63, 3.8) is 0 Å². The van der Waals surface area contributed by atoms with Crippen molar-refractivity contribution in [2.24, 2.45) is 7.05 Å². The average Bonchev–Trinajstić information content (AvgIpc) is 3.42. The predicted octanol–water partition coefficient (Wildman–Crippen LogP) is 3.55. The summed E-state index contributed by atoms with van der Waals surface area (Å²) in [6.07, 6.45) is 1.65. The lowest BCUT2D eigenvalue weighted by atomic mass is 10.1. The average molecular weight is 460 g/mol. The molecule has 0 bridgehead atoms. The Morgan fingerprint density at radius 2 is 2.03 bits per heavy atom. The molecule has 0 aliphatic carbocycles. The van der Waals surface area contributed by atoms with Crippen molar-refractivity contribution in [1.82, 2.24) is 35.5 Å². The number of amides is 2. The topological polar surface area (TPSA) is 123 Å². The summed E-state index contributed by atoms with van der Waals surface area (Å²) in [6.45, 7) is 0.228. The van der Waals surface area contributed by atoms with Gasteiger partial charge in [-0.1, -0.05) is 23.4 Å². The molecule has 3 heterocycles. The molecule has 0 fully saturated rings. The Morgan fingerprint density at radius 1 is 1.21 bits per heavy atom. The number of fused-ring (bicyclic) bond motifs is 2. The van der Waals surface area contributed by atoms with Crippen LogP contribution in [0, 0.1) is 5.82 Å². The van der Waals surface area contributed by atoms with E-state index in [4.69, 9.17) is 4.74 Å². The number of urea groups is 1. The Balaban J connectivity index is 1.34. The predicted molar refractivity (Wildman–Crippen MR) is 125 cm³/mol. The zero-order valence-electron chi connectivity index (χ0n) is 18.4. The van der Waals surface area contributed by atoms with E-state index in [9.17, 15) is 9.18 Å². The minimum Gasteiger partial charge on any atom is -0.382 e. The van der Waals surface area contributed by atoms with Gasteiger partial charge in [0.15, 0.2) is 0 Å². The summed E-state index contributed by atoms with van der Waals surface area (Å²) in [7, 11) is 3.37. The van der Waals surface area contributed by atoms with Crippen LogP contribution < -0.4 is 10.6 Å². The molecule has 5 rings (SSSR count). The lowest BCUT2D eigenvalue weighted by Crippen LogP contribution is -2.35. The lowest BCUT2D eigenvalue weighted by molar-refractivity contribution is 0.168. The molecular weight excluding hydrogens is 439 g/mol. The van der Waals surface area contributed by atoms with Gasteiger partial charge in [0.2, 0.25) is 0 Å². The van der Waals surface area contributed by atoms with Crippen LogP contribution in [0.4, 0.5) is 15.0 Å². The van der Waals surface area contributed by atoms with E-state index in [1.165, 1.54) is 19.2 Å². The minimum atomic E-state index is -0.467. The number of hydrogen-bond donors (Lipinski definition) is 3. The summed E-state index contributed by atoms with van der Waals surface area (Å²) < 4.78 is 20.1. The van der Waals surface area contributed by atoms with E-state index < -0.39 is 12.1 Å². The van der Waals surface area contributed by atoms with Crippen LogP contribution in [0.3, 0.4) is 0 Å². The molecule has 0 radical (unpaired) electrons. The zero-order chi connectivity index (χ0) is 23.7. The highest BCUT2D eigenvalue weighted by Gasteiger charge is 2.16. The van der Waals surface area contributed by atoms with Gasteiger partial charge in [0.05, 0.1) is 23.7 Å². The number of ether oxygens (including phenoxy) is 1. The van der Waals surface area contributed by atoms with Gasteiger partial charge in [0, 0.05) is 37.4 Å². The second-order valence-corrected chi connectivity index (χ2v) is 7.76. The maximum atomic E-state index is 13.2. The van der Waals surface area contributed by atoms with E-state index >= 15 is 0 Å². The first-order valence-corrected chi connectivity index (χ1v) is 10.5. The van der Waals surface area contributed by atoms with Crippen LogP contribution >= 0.6 is 0 Å². The number of benzene rings is 2. The molecule has 11 heteroatoms. The van der Waals surface area contributed by atoms with Gasteiger partial charge in [-0.3, -0.25) is 10.4 Å². The number of halogens is 1. The summed E-state index contributed by atoms with van der Waals surface area (Å²) in [4.78, 5) is 17.0. The first-order chi connectivity index (χ1) is 16.5. The summed E-state index contributed by atoms with van der Waals surface area (Å²) >= 11 is 0. The molecule has 0 aliphatic rings. The van der Waals surface area contributed by atoms with Crippen molar-refractivity contribution in [3.05, 3.63) is 66.1 Å². The van der Waals surface area contributed by atoms with Gasteiger partial charge >= 0.3 is 6.03 Å². The summed E-state index contributed by atoms with van der Waals surface area (Å²) in [5.74, 6) is -0.00253. The van der Waals surface area contributed by atoms with Gasteiger partial charge in [-0.25, -0.2) is 18.9 Å². The fourth-order valence-electron chi connectivity index (χ4n) is 3.78. The number of anilines is 1. The van der Waals surface area contributed by atoms with Gasteiger partial charge in [0.1, 0.15) is 22.8 Å². The number of methoxy groups -OCH3 is 1. The third-order valence-corrected chi connectivity index (χ3v) is 5.48. The highest BCUT2D eigenvalue weighted by molar-refractivity contribution is 5.97. The SMILES string of the molecule is COC[C@@H](NC(=O)Nc1cc2[nH]nc(-c3ccc4c(c3)nnn4C)c2cn1)c1ccc(F)cc1. The van der Waals surface area contributed by atoms with Crippen LogP contribution in [0.5, 0.6) is 0 Å². The molecule has 3 N–H and O–H groups in total. The Morgan fingerprint density at radius 3 is 2.82 bits per heavy atom. The molecule has 0 saturated heterocycles. The molecule has 0 aliphatic heterocycles. The number of H-pyrrole nitrogens is 1. The van der Waals surface area contributed by atoms with Crippen molar-refractivity contribution in [2.75, 3.05) is 19.0 Å². The van der Waals surface area contributed by atoms with Crippen LogP contribution in [-0.4, -0.2) is 49.9 Å². The molecule has 5 aromatic rings. The molecular formula is C23H21FN8O2. The molecule has 0 unspecified atom stereocenters. The lowest BCUT2D eigenvalue weighted by Gasteiger charge is -2.18. The summed E-state index contributed by atoms with van der Waals surface area (Å²) in [5, 5.41) is 21.9. The Bertz CT molecular complexity index is 1480. The molecule has 10 nitrogen and oxygen atoms in total. The number of aromatic nitrogens is 6. The molecule has 0 spiro atoms. The largest absolute Gasteiger partial charge is 0.382 e. The van der Waals surface area contributed by atoms with Crippen molar-refractivity contribution >= 4 is 33.8 Å². The van der Waals surface area contributed by atoms with Gasteiger partial charge in [0.25, 0.3) is 0 Å². The summed E-state index contributed by atoms with van der Waals surface area (Å²) in [6, 6.07) is 12.5. The molecule has 1 atom stereocenters. The quantitative estimate of drug-likeness (QED) is 0.356. The van der Waals surface area contributed by atoms with Gasteiger partial charge in [-0.2, -0.15) is 5.10 Å². The molecule has 3 aromatic heterocycles. The van der Waals surface area contributed by atoms with E-state index in [1.807, 2.05) is 25.2 Å². The number of rotatable bonds is 6. The monoisotopic (exact) mass is 460 g/mol. The number of aromatic amines is 1. The van der Waals surface area contributed by atoms with Crippen molar-refractivity contribution < 1.29 is 13.9 Å². The first kappa shape index (κ1) is 21.5. The van der Waals surface area contributed by atoms with Crippen LogP contribution in [0.25, 0.3) is 33.2 Å². The van der Waals surface area contributed by atoms with E-state index in [0.29, 0.717) is 11.3 Å². The van der Waals surface area contributed by atoms with Crippen molar-refractivity contribution in [3.8, 4) is 11.3 Å². The van der Waals surface area contributed by atoms with E-state index in [-0.39, 0.29) is 12.4 Å². The highest BCUT2D eigenvalue weighted by Crippen LogP contribution is 2.28. The molecule has 0 saturated carbocycles. The Hall–Kier alpha value is -4.38. The van der Waals surface area contributed by atoms with Gasteiger partial charge in [-0.05, 0) is 29.8 Å². The minimum absolute atomic E-state index is 0.228. The maximum absolute atomic E-state index is 13.2. The number of carbonyl (C=O) groups is 1. The fraction of sp³-hybridized carbons (Fsp3) is 0.174. The third-order valence-electron chi connectivity index (χ3n) is 5.48. The smallest absolute Gasteiger partial charge is 0.320 e. The molecule has 2 aromatic carbocycles. The summed E-state index contributed by atoms with van der Waals surface area (Å²) in [5.41, 5.74) is 4.73. The number of hydrogen-bond acceptors (Lipinski definition) is 6. The normalized spacial score (nSPS) is 12.2. The van der Waals surface area contributed by atoms with Crippen LogP contribution in [-0.2, 0) is 11.8 Å². The van der Waals surface area contributed by atoms with Crippen LogP contribution in [0.1, 0.15) is 11.6 Å². The zero-order valence-corrected chi connectivity index (χ0v) is 18.4. The highest BCUT2D eigenvalue weighted by atomic mass is 19.1. The number of pyridine rings is 1. The van der Waals surface area contributed by atoms with E-state index in [0.717, 1.165) is 33.2 Å². The molecule has 172 valence electrons. The molecule has 2 amide bonds. The van der Waals surface area contributed by atoms with Gasteiger partial charge in [-0.15, -0.1) is 5.10 Å².